The maximum atomic E-state index is 10.1. The number of nitro groups is 1. The van der Waals surface area contributed by atoms with Crippen LogP contribution in [0.3, 0.4) is 0 Å². The number of fused-ring (bicyclic) bond motifs is 1. The van der Waals surface area contributed by atoms with Crippen LogP contribution < -0.4 is 11.5 Å². The van der Waals surface area contributed by atoms with Crippen molar-refractivity contribution in [2.45, 2.75) is 6.42 Å². The van der Waals surface area contributed by atoms with Crippen LogP contribution in [0, 0.1) is 10.1 Å². The number of anilines is 1. The third-order valence-electron chi connectivity index (χ3n) is 3.19. The second-order valence-electron chi connectivity index (χ2n) is 4.75. The Labute approximate surface area is 127 Å². The van der Waals surface area contributed by atoms with Crippen molar-refractivity contribution < 1.29 is 4.92 Å². The van der Waals surface area contributed by atoms with Crippen molar-refractivity contribution in [1.29, 1.82) is 0 Å². The van der Waals surface area contributed by atoms with Crippen LogP contribution in [-0.4, -0.2) is 16.5 Å². The molecule has 0 atom stereocenters. The number of nitrogens with zero attached hydrogens (tertiary/aromatic N) is 1. The van der Waals surface area contributed by atoms with E-state index >= 15 is 0 Å². The highest BCUT2D eigenvalue weighted by Gasteiger charge is 2.01. The number of hydrogen-bond donors (Lipinski definition) is 3. The number of nitrogens with two attached hydrogens (primary N) is 2. The lowest BCUT2D eigenvalue weighted by molar-refractivity contribution is -0.384. The van der Waals surface area contributed by atoms with Crippen LogP contribution in [0.1, 0.15) is 5.56 Å². The average molecular weight is 298 g/mol. The molecule has 5 N–H and O–H groups in total. The summed E-state index contributed by atoms with van der Waals surface area (Å²) in [6, 6.07) is 14.0. The Kier molecular flexibility index (Phi) is 5.11. The minimum absolute atomic E-state index is 0.0641. The van der Waals surface area contributed by atoms with Crippen molar-refractivity contribution in [2.75, 3.05) is 12.3 Å². The molecule has 1 heterocycles. The van der Waals surface area contributed by atoms with Gasteiger partial charge in [0.05, 0.1) is 4.92 Å². The van der Waals surface area contributed by atoms with Gasteiger partial charge in [0.15, 0.2) is 0 Å². The minimum Gasteiger partial charge on any atom is -0.399 e. The third kappa shape index (κ3) is 3.83. The number of non-ortho nitro benzene ring substituents is 1. The van der Waals surface area contributed by atoms with Gasteiger partial charge >= 0.3 is 0 Å². The summed E-state index contributed by atoms with van der Waals surface area (Å²) in [4.78, 5) is 12.8. The SMILES string of the molecule is NCCc1c[nH]c2ccccc12.Nc1ccc([N+](=O)[O-])cc1. The highest BCUT2D eigenvalue weighted by Crippen LogP contribution is 2.17. The number of H-pyrrole nitrogens is 1. The summed E-state index contributed by atoms with van der Waals surface area (Å²) in [5.74, 6) is 0. The second kappa shape index (κ2) is 7.24. The lowest BCUT2D eigenvalue weighted by Gasteiger charge is -1.93. The van der Waals surface area contributed by atoms with Crippen LogP contribution in [0.15, 0.2) is 54.7 Å². The molecule has 0 unspecified atom stereocenters. The monoisotopic (exact) mass is 298 g/mol. The van der Waals surface area contributed by atoms with Gasteiger partial charge in [-0.25, -0.2) is 0 Å². The van der Waals surface area contributed by atoms with Gasteiger partial charge in [-0.15, -0.1) is 0 Å². The standard InChI is InChI=1S/C10H12N2.C6H6N2O2/c11-6-5-8-7-12-10-4-2-1-3-9(8)10;7-5-1-3-6(4-2-5)8(9)10/h1-4,7,12H,5-6,11H2;1-4H,7H2. The zero-order valence-corrected chi connectivity index (χ0v) is 12.0. The normalized spacial score (nSPS) is 10.0. The smallest absolute Gasteiger partial charge is 0.269 e. The Hall–Kier alpha value is -2.86. The zero-order valence-electron chi connectivity index (χ0n) is 12.0. The van der Waals surface area contributed by atoms with Crippen molar-refractivity contribution in [3.8, 4) is 0 Å². The maximum absolute atomic E-state index is 10.1. The van der Waals surface area contributed by atoms with Gasteiger partial charge in [0, 0.05) is 34.9 Å². The molecule has 6 heteroatoms. The Morgan fingerprint density at radius 1 is 1.09 bits per heavy atom. The Morgan fingerprint density at radius 2 is 1.77 bits per heavy atom. The Bertz CT molecular complexity index is 750. The van der Waals surface area contributed by atoms with E-state index < -0.39 is 4.92 Å². The molecule has 3 rings (SSSR count). The quantitative estimate of drug-likeness (QED) is 0.392. The first kappa shape index (κ1) is 15.5. The number of rotatable bonds is 3. The third-order valence-corrected chi connectivity index (χ3v) is 3.19. The van der Waals surface area contributed by atoms with Gasteiger partial charge in [0.25, 0.3) is 5.69 Å². The average Bonchev–Trinajstić information content (AvgIpc) is 2.92. The van der Waals surface area contributed by atoms with E-state index in [1.54, 1.807) is 0 Å². The first-order valence-corrected chi connectivity index (χ1v) is 6.87. The van der Waals surface area contributed by atoms with E-state index in [2.05, 4.69) is 23.2 Å². The van der Waals surface area contributed by atoms with Gasteiger partial charge in [-0.3, -0.25) is 10.1 Å². The van der Waals surface area contributed by atoms with E-state index in [1.807, 2.05) is 12.3 Å². The Balaban J connectivity index is 0.000000164. The summed E-state index contributed by atoms with van der Waals surface area (Å²) in [5, 5.41) is 11.4. The van der Waals surface area contributed by atoms with Crippen LogP contribution in [-0.2, 0) is 6.42 Å². The molecule has 0 aliphatic heterocycles. The number of para-hydroxylation sites is 1. The summed E-state index contributed by atoms with van der Waals surface area (Å²) in [6.45, 7) is 0.710. The van der Waals surface area contributed by atoms with Crippen molar-refractivity contribution in [3.63, 3.8) is 0 Å². The highest BCUT2D eigenvalue weighted by atomic mass is 16.6. The number of aromatic amines is 1. The molecule has 0 fully saturated rings. The van der Waals surface area contributed by atoms with Crippen LogP contribution in [0.2, 0.25) is 0 Å². The lowest BCUT2D eigenvalue weighted by Crippen LogP contribution is -2.01. The van der Waals surface area contributed by atoms with Gasteiger partial charge < -0.3 is 16.5 Å². The van der Waals surface area contributed by atoms with E-state index in [1.165, 1.54) is 40.7 Å². The van der Waals surface area contributed by atoms with E-state index in [-0.39, 0.29) is 5.69 Å². The summed E-state index contributed by atoms with van der Waals surface area (Å²) in [5.41, 5.74) is 13.9. The molecule has 3 aromatic rings. The molecule has 6 nitrogen and oxygen atoms in total. The molecule has 1 aromatic heterocycles. The molecule has 0 saturated heterocycles. The number of nitro benzene ring substituents is 1. The number of aromatic nitrogens is 1. The summed E-state index contributed by atoms with van der Waals surface area (Å²) in [7, 11) is 0. The second-order valence-corrected chi connectivity index (χ2v) is 4.75. The van der Waals surface area contributed by atoms with Gasteiger partial charge in [-0.05, 0) is 36.7 Å². The van der Waals surface area contributed by atoms with E-state index in [9.17, 15) is 10.1 Å². The predicted octanol–water partition coefficient (Wildman–Crippen LogP) is 2.85. The van der Waals surface area contributed by atoms with Gasteiger partial charge in [-0.2, -0.15) is 0 Å². The number of nitrogens with one attached hydrogen (secondary N) is 1. The summed E-state index contributed by atoms with van der Waals surface area (Å²) >= 11 is 0. The van der Waals surface area contributed by atoms with Crippen LogP contribution in [0.25, 0.3) is 10.9 Å². The molecule has 2 aromatic carbocycles. The fourth-order valence-corrected chi connectivity index (χ4v) is 2.09. The van der Waals surface area contributed by atoms with Crippen molar-refractivity contribution in [3.05, 3.63) is 70.4 Å². The number of benzene rings is 2. The molecule has 0 radical (unpaired) electrons. The van der Waals surface area contributed by atoms with Crippen molar-refractivity contribution in [1.82, 2.24) is 4.98 Å². The first-order valence-electron chi connectivity index (χ1n) is 6.87. The zero-order chi connectivity index (χ0) is 15.9. The lowest BCUT2D eigenvalue weighted by atomic mass is 10.1. The largest absolute Gasteiger partial charge is 0.399 e. The highest BCUT2D eigenvalue weighted by molar-refractivity contribution is 5.83. The predicted molar refractivity (Wildman–Crippen MR) is 88.6 cm³/mol. The maximum Gasteiger partial charge on any atom is 0.269 e. The fourth-order valence-electron chi connectivity index (χ4n) is 2.09. The van der Waals surface area contributed by atoms with Gasteiger partial charge in [0.1, 0.15) is 0 Å². The van der Waals surface area contributed by atoms with Crippen molar-refractivity contribution >= 4 is 22.3 Å². The number of hydrogen-bond acceptors (Lipinski definition) is 4. The molecule has 0 saturated carbocycles. The fraction of sp³-hybridized carbons (Fsp3) is 0.125. The van der Waals surface area contributed by atoms with Gasteiger partial charge in [0.2, 0.25) is 0 Å². The Morgan fingerprint density at radius 3 is 2.41 bits per heavy atom. The molecule has 0 aliphatic carbocycles. The number of nitrogen functional groups attached to an aromatic ring is 1. The molecule has 0 bridgehead atoms. The summed E-state index contributed by atoms with van der Waals surface area (Å²) < 4.78 is 0. The van der Waals surface area contributed by atoms with Crippen LogP contribution in [0.5, 0.6) is 0 Å². The molecule has 22 heavy (non-hydrogen) atoms. The molecular formula is C16H18N4O2. The van der Waals surface area contributed by atoms with E-state index in [0.717, 1.165) is 6.42 Å². The van der Waals surface area contributed by atoms with Crippen LogP contribution in [0.4, 0.5) is 11.4 Å². The van der Waals surface area contributed by atoms with Crippen LogP contribution >= 0.6 is 0 Å². The van der Waals surface area contributed by atoms with E-state index in [4.69, 9.17) is 11.5 Å². The molecule has 114 valence electrons. The first-order chi connectivity index (χ1) is 10.6. The molecular weight excluding hydrogens is 280 g/mol. The van der Waals surface area contributed by atoms with Crippen molar-refractivity contribution in [2.24, 2.45) is 5.73 Å². The van der Waals surface area contributed by atoms with E-state index in [0.29, 0.717) is 12.2 Å². The minimum atomic E-state index is -0.459. The molecule has 0 aliphatic rings. The molecule has 0 amide bonds. The summed E-state index contributed by atoms with van der Waals surface area (Å²) in [6.07, 6.45) is 2.99. The molecule has 0 spiro atoms. The topological polar surface area (TPSA) is 111 Å². The van der Waals surface area contributed by atoms with Gasteiger partial charge in [-0.1, -0.05) is 18.2 Å².